The molecule has 1 aromatic rings. The van der Waals surface area contributed by atoms with Gasteiger partial charge in [0.1, 0.15) is 5.69 Å². The van der Waals surface area contributed by atoms with Crippen molar-refractivity contribution < 1.29 is 4.92 Å². The lowest BCUT2D eigenvalue weighted by molar-refractivity contribution is -0.385. The second-order valence-corrected chi connectivity index (χ2v) is 6.05. The highest BCUT2D eigenvalue weighted by molar-refractivity contribution is 7.99. The smallest absolute Gasteiger partial charge is 0.332 e. The van der Waals surface area contributed by atoms with E-state index in [2.05, 4.69) is 33.8 Å². The summed E-state index contributed by atoms with van der Waals surface area (Å²) in [5.74, 6) is 0.722. The van der Waals surface area contributed by atoms with Crippen LogP contribution in [-0.2, 0) is 0 Å². The zero-order chi connectivity index (χ0) is 15.8. The van der Waals surface area contributed by atoms with Gasteiger partial charge in [0.25, 0.3) is 0 Å². The first kappa shape index (κ1) is 17.5. The summed E-state index contributed by atoms with van der Waals surface area (Å²) in [6.07, 6.45) is 3.90. The highest BCUT2D eigenvalue weighted by atomic mass is 32.2. The minimum atomic E-state index is -0.431. The molecule has 0 aliphatic rings. The third kappa shape index (κ3) is 5.37. The summed E-state index contributed by atoms with van der Waals surface area (Å²) in [6.45, 7) is 7.17. The third-order valence-electron chi connectivity index (χ3n) is 3.02. The Balaban J connectivity index is 2.90. The van der Waals surface area contributed by atoms with Crippen molar-refractivity contribution in [3.63, 3.8) is 0 Å². The molecule has 8 heteroatoms. The van der Waals surface area contributed by atoms with Crippen molar-refractivity contribution in [3.8, 4) is 0 Å². The van der Waals surface area contributed by atoms with Crippen LogP contribution in [0.3, 0.4) is 0 Å². The van der Waals surface area contributed by atoms with E-state index in [0.717, 1.165) is 19.4 Å². The molecule has 1 heterocycles. The van der Waals surface area contributed by atoms with Crippen LogP contribution < -0.4 is 10.6 Å². The molecule has 0 aromatic carbocycles. The van der Waals surface area contributed by atoms with Gasteiger partial charge in [0.05, 0.1) is 4.92 Å². The monoisotopic (exact) mass is 313 g/mol. The van der Waals surface area contributed by atoms with E-state index in [4.69, 9.17) is 0 Å². The van der Waals surface area contributed by atoms with Crippen LogP contribution in [0.15, 0.2) is 0 Å². The first-order chi connectivity index (χ1) is 9.99. The Labute approximate surface area is 129 Å². The van der Waals surface area contributed by atoms with Gasteiger partial charge in [0.15, 0.2) is 0 Å². The fraction of sp³-hybridized carbons (Fsp3) is 0.692. The van der Waals surface area contributed by atoms with E-state index < -0.39 is 4.92 Å². The molecule has 1 rings (SSSR count). The number of nitrogens with one attached hydrogen (secondary N) is 2. The van der Waals surface area contributed by atoms with Crippen LogP contribution >= 0.6 is 11.8 Å². The predicted molar refractivity (Wildman–Crippen MR) is 88.3 cm³/mol. The molecule has 1 unspecified atom stereocenters. The van der Waals surface area contributed by atoms with Crippen molar-refractivity contribution in [1.29, 1.82) is 0 Å². The highest BCUT2D eigenvalue weighted by Crippen LogP contribution is 2.26. The Hall–Kier alpha value is -1.57. The van der Waals surface area contributed by atoms with E-state index in [1.54, 1.807) is 18.7 Å². The van der Waals surface area contributed by atoms with Gasteiger partial charge in [-0.05, 0) is 26.0 Å². The Bertz CT molecular complexity index is 484. The van der Waals surface area contributed by atoms with E-state index >= 15 is 0 Å². The molecule has 1 aromatic heterocycles. The van der Waals surface area contributed by atoms with Crippen molar-refractivity contribution in [3.05, 3.63) is 15.8 Å². The molecule has 7 nitrogen and oxygen atoms in total. The number of rotatable bonds is 9. The number of hydrogen-bond acceptors (Lipinski definition) is 7. The molecule has 21 heavy (non-hydrogen) atoms. The van der Waals surface area contributed by atoms with Crippen molar-refractivity contribution in [2.24, 2.45) is 0 Å². The number of aryl methyl sites for hydroxylation is 1. The summed E-state index contributed by atoms with van der Waals surface area (Å²) in [5.41, 5.74) is 0.322. The first-order valence-electron chi connectivity index (χ1n) is 7.03. The number of aromatic nitrogens is 2. The highest BCUT2D eigenvalue weighted by Gasteiger charge is 2.21. The normalized spacial score (nSPS) is 12.0. The predicted octanol–water partition coefficient (Wildman–Crippen LogP) is 3.07. The minimum Gasteiger partial charge on any atom is -0.364 e. The quantitative estimate of drug-likeness (QED) is 0.534. The van der Waals surface area contributed by atoms with Crippen LogP contribution in [0.2, 0.25) is 0 Å². The molecule has 0 amide bonds. The van der Waals surface area contributed by atoms with Gasteiger partial charge in [-0.3, -0.25) is 10.1 Å². The summed E-state index contributed by atoms with van der Waals surface area (Å²) in [5, 5.41) is 17.8. The van der Waals surface area contributed by atoms with Crippen LogP contribution in [0.25, 0.3) is 0 Å². The molecule has 1 atom stereocenters. The van der Waals surface area contributed by atoms with Gasteiger partial charge in [-0.1, -0.05) is 13.8 Å². The van der Waals surface area contributed by atoms with Crippen LogP contribution in [0, 0.1) is 17.0 Å². The van der Waals surface area contributed by atoms with Crippen LogP contribution in [0.5, 0.6) is 0 Å². The number of anilines is 2. The van der Waals surface area contributed by atoms with Gasteiger partial charge in [0, 0.05) is 18.3 Å². The number of nitro groups is 1. The van der Waals surface area contributed by atoms with Crippen molar-refractivity contribution in [2.75, 3.05) is 30.0 Å². The van der Waals surface area contributed by atoms with Gasteiger partial charge < -0.3 is 10.6 Å². The Kier molecular flexibility index (Phi) is 7.21. The van der Waals surface area contributed by atoms with E-state index in [1.807, 2.05) is 6.92 Å². The number of nitrogens with zero attached hydrogens (tertiary/aromatic N) is 3. The summed E-state index contributed by atoms with van der Waals surface area (Å²) >= 11 is 1.77. The third-order valence-corrected chi connectivity index (χ3v) is 4.06. The van der Waals surface area contributed by atoms with Gasteiger partial charge >= 0.3 is 5.69 Å². The molecule has 0 saturated carbocycles. The molecule has 0 spiro atoms. The molecule has 0 fully saturated rings. The SMILES string of the molecule is CCCNc1nc(C)c([N+](=O)[O-])c(NCCC(C)SC)n1. The summed E-state index contributed by atoms with van der Waals surface area (Å²) in [7, 11) is 0. The molecule has 2 N–H and O–H groups in total. The summed E-state index contributed by atoms with van der Waals surface area (Å²) in [6, 6.07) is 0. The lowest BCUT2D eigenvalue weighted by atomic mass is 10.3. The van der Waals surface area contributed by atoms with E-state index in [-0.39, 0.29) is 5.69 Å². The van der Waals surface area contributed by atoms with Crippen molar-refractivity contribution >= 4 is 29.2 Å². The van der Waals surface area contributed by atoms with Gasteiger partial charge in [-0.2, -0.15) is 16.7 Å². The topological polar surface area (TPSA) is 93.0 Å². The van der Waals surface area contributed by atoms with E-state index in [0.29, 0.717) is 29.3 Å². The molecule has 0 radical (unpaired) electrons. The maximum absolute atomic E-state index is 11.2. The maximum atomic E-state index is 11.2. The maximum Gasteiger partial charge on any atom is 0.332 e. The second kappa shape index (κ2) is 8.66. The minimum absolute atomic E-state index is 0.0474. The molecular formula is C13H23N5O2S. The van der Waals surface area contributed by atoms with Gasteiger partial charge in [-0.15, -0.1) is 0 Å². The fourth-order valence-corrected chi connectivity index (χ4v) is 2.09. The Morgan fingerprint density at radius 2 is 2.05 bits per heavy atom. The van der Waals surface area contributed by atoms with Crippen molar-refractivity contribution in [1.82, 2.24) is 9.97 Å². The molecule has 0 bridgehead atoms. The Morgan fingerprint density at radius 1 is 1.33 bits per heavy atom. The van der Waals surface area contributed by atoms with Gasteiger partial charge in [-0.25, -0.2) is 4.98 Å². The average molecular weight is 313 g/mol. The second-order valence-electron chi connectivity index (χ2n) is 4.78. The number of thioether (sulfide) groups is 1. The van der Waals surface area contributed by atoms with Gasteiger partial charge in [0.2, 0.25) is 11.8 Å². The zero-order valence-electron chi connectivity index (χ0n) is 13.0. The zero-order valence-corrected chi connectivity index (χ0v) is 13.8. The lowest BCUT2D eigenvalue weighted by Crippen LogP contribution is -2.14. The lowest BCUT2D eigenvalue weighted by Gasteiger charge is -2.12. The molecular weight excluding hydrogens is 290 g/mol. The fourth-order valence-electron chi connectivity index (χ4n) is 1.74. The molecule has 0 saturated heterocycles. The standard InChI is InChI=1S/C13H23N5O2S/c1-5-7-15-13-16-10(3)11(18(19)20)12(17-13)14-8-6-9(2)21-4/h9H,5-8H2,1-4H3,(H2,14,15,16,17). The Morgan fingerprint density at radius 3 is 2.62 bits per heavy atom. The summed E-state index contributed by atoms with van der Waals surface area (Å²) in [4.78, 5) is 19.1. The first-order valence-corrected chi connectivity index (χ1v) is 8.31. The largest absolute Gasteiger partial charge is 0.364 e. The van der Waals surface area contributed by atoms with Crippen molar-refractivity contribution in [2.45, 2.75) is 38.9 Å². The molecule has 0 aliphatic carbocycles. The van der Waals surface area contributed by atoms with E-state index in [1.165, 1.54) is 0 Å². The molecule has 118 valence electrons. The van der Waals surface area contributed by atoms with Crippen LogP contribution in [-0.4, -0.2) is 39.5 Å². The average Bonchev–Trinajstić information content (AvgIpc) is 2.43. The molecule has 0 aliphatic heterocycles. The van der Waals surface area contributed by atoms with E-state index in [9.17, 15) is 10.1 Å². The summed E-state index contributed by atoms with van der Waals surface area (Å²) < 4.78 is 0. The number of hydrogen-bond donors (Lipinski definition) is 2. The van der Waals surface area contributed by atoms with Crippen LogP contribution in [0.4, 0.5) is 17.5 Å². The van der Waals surface area contributed by atoms with Crippen LogP contribution in [0.1, 0.15) is 32.4 Å².